The van der Waals surface area contributed by atoms with E-state index in [-0.39, 0.29) is 12.4 Å². The maximum Gasteiger partial charge on any atom is -0.000000930 e. The number of piperidine rings is 1. The Hall–Kier alpha value is 0.210. The van der Waals surface area contributed by atoms with Crippen LogP contribution in [-0.4, -0.2) is 37.6 Å². The molecule has 0 bridgehead atoms. The first kappa shape index (κ1) is 17.2. The number of halogens is 1. The minimum atomic E-state index is 0. The van der Waals surface area contributed by atoms with Crippen molar-refractivity contribution in [1.29, 1.82) is 0 Å². The van der Waals surface area contributed by atoms with Gasteiger partial charge in [-0.2, -0.15) is 0 Å². The Kier molecular flexibility index (Phi) is 8.44. The van der Waals surface area contributed by atoms with Crippen LogP contribution in [0.15, 0.2) is 0 Å². The Morgan fingerprint density at radius 2 is 1.76 bits per heavy atom. The number of hydrogen-bond acceptors (Lipinski definition) is 2. The van der Waals surface area contributed by atoms with Crippen LogP contribution in [0.3, 0.4) is 0 Å². The van der Waals surface area contributed by atoms with E-state index in [4.69, 9.17) is 0 Å². The van der Waals surface area contributed by atoms with Gasteiger partial charge in [-0.3, -0.25) is 0 Å². The molecule has 1 aliphatic rings. The van der Waals surface area contributed by atoms with E-state index < -0.39 is 0 Å². The van der Waals surface area contributed by atoms with E-state index in [0.29, 0.717) is 5.41 Å². The van der Waals surface area contributed by atoms with E-state index in [1.54, 1.807) is 0 Å². The van der Waals surface area contributed by atoms with Gasteiger partial charge in [-0.25, -0.2) is 0 Å². The van der Waals surface area contributed by atoms with Crippen molar-refractivity contribution in [3.8, 4) is 0 Å². The zero-order chi connectivity index (χ0) is 12.0. The smallest absolute Gasteiger partial charge is 0.000000930 e. The molecule has 1 fully saturated rings. The highest BCUT2D eigenvalue weighted by Gasteiger charge is 2.18. The van der Waals surface area contributed by atoms with Crippen molar-refractivity contribution in [3.63, 3.8) is 0 Å². The van der Waals surface area contributed by atoms with Gasteiger partial charge < -0.3 is 10.2 Å². The first-order valence-corrected chi connectivity index (χ1v) is 6.94. The number of hydrogen-bond donors (Lipinski definition) is 1. The summed E-state index contributed by atoms with van der Waals surface area (Å²) in [6.45, 7) is 15.4. The summed E-state index contributed by atoms with van der Waals surface area (Å²) in [7, 11) is 0. The van der Waals surface area contributed by atoms with Gasteiger partial charge in [0.15, 0.2) is 0 Å². The van der Waals surface area contributed by atoms with E-state index in [1.807, 2.05) is 0 Å². The van der Waals surface area contributed by atoms with Crippen molar-refractivity contribution < 1.29 is 0 Å². The van der Waals surface area contributed by atoms with Gasteiger partial charge in [-0.05, 0) is 63.3 Å². The monoisotopic (exact) mass is 262 g/mol. The molecule has 0 aromatic heterocycles. The third kappa shape index (κ3) is 8.01. The Morgan fingerprint density at radius 1 is 1.18 bits per heavy atom. The Labute approximate surface area is 114 Å². The first-order valence-electron chi connectivity index (χ1n) is 6.94. The van der Waals surface area contributed by atoms with Crippen molar-refractivity contribution in [2.45, 2.75) is 47.0 Å². The maximum atomic E-state index is 3.62. The first-order chi connectivity index (χ1) is 7.51. The fourth-order valence-corrected chi connectivity index (χ4v) is 2.38. The van der Waals surface area contributed by atoms with E-state index in [9.17, 15) is 0 Å². The largest absolute Gasteiger partial charge is 0.316 e. The summed E-state index contributed by atoms with van der Waals surface area (Å²) in [5.41, 5.74) is 0.420. The van der Waals surface area contributed by atoms with Gasteiger partial charge >= 0.3 is 0 Å². The quantitative estimate of drug-likeness (QED) is 0.819. The summed E-state index contributed by atoms with van der Waals surface area (Å²) < 4.78 is 0. The fraction of sp³-hybridized carbons (Fsp3) is 1.00. The topological polar surface area (TPSA) is 15.3 Å². The highest BCUT2D eigenvalue weighted by atomic mass is 35.5. The molecular weight excluding hydrogens is 232 g/mol. The molecule has 1 rings (SSSR count). The van der Waals surface area contributed by atoms with Gasteiger partial charge in [0.05, 0.1) is 0 Å². The molecule has 1 aliphatic heterocycles. The van der Waals surface area contributed by atoms with Gasteiger partial charge in [0.1, 0.15) is 0 Å². The number of nitrogens with zero attached hydrogens (tertiary/aromatic N) is 1. The number of rotatable bonds is 5. The summed E-state index contributed by atoms with van der Waals surface area (Å²) in [4.78, 5) is 2.61. The van der Waals surface area contributed by atoms with Crippen LogP contribution >= 0.6 is 12.4 Å². The molecule has 1 N–H and O–H groups in total. The molecule has 0 aromatic rings. The highest BCUT2D eigenvalue weighted by molar-refractivity contribution is 5.85. The minimum Gasteiger partial charge on any atom is -0.316 e. The summed E-state index contributed by atoms with van der Waals surface area (Å²) in [6.07, 6.45) is 4.07. The average Bonchev–Trinajstić information content (AvgIpc) is 2.19. The minimum absolute atomic E-state index is 0. The van der Waals surface area contributed by atoms with Crippen molar-refractivity contribution in [2.24, 2.45) is 11.3 Å². The highest BCUT2D eigenvalue weighted by Crippen LogP contribution is 2.17. The van der Waals surface area contributed by atoms with Gasteiger partial charge in [0.2, 0.25) is 0 Å². The summed E-state index contributed by atoms with van der Waals surface area (Å²) in [6, 6.07) is 0. The molecule has 0 saturated carbocycles. The number of likely N-dealkylation sites (tertiary alicyclic amines) is 1. The summed E-state index contributed by atoms with van der Waals surface area (Å²) in [5, 5.41) is 3.62. The van der Waals surface area contributed by atoms with Crippen LogP contribution < -0.4 is 5.32 Å². The normalized spacial score (nSPS) is 19.1. The molecule has 0 atom stereocenters. The third-order valence-corrected chi connectivity index (χ3v) is 3.34. The molecule has 0 unspecified atom stereocenters. The lowest BCUT2D eigenvalue weighted by atomic mass is 9.94. The molecule has 0 aromatic carbocycles. The average molecular weight is 263 g/mol. The molecule has 17 heavy (non-hydrogen) atoms. The Morgan fingerprint density at radius 3 is 2.24 bits per heavy atom. The molecule has 0 aliphatic carbocycles. The second-order valence-electron chi connectivity index (χ2n) is 6.48. The fourth-order valence-electron chi connectivity index (χ4n) is 2.38. The zero-order valence-electron chi connectivity index (χ0n) is 12.1. The Balaban J connectivity index is 0.00000256. The van der Waals surface area contributed by atoms with Crippen molar-refractivity contribution in [1.82, 2.24) is 10.2 Å². The predicted octanol–water partition coefficient (Wildman–Crippen LogP) is 3.17. The van der Waals surface area contributed by atoms with E-state index in [1.165, 1.54) is 45.4 Å². The van der Waals surface area contributed by atoms with E-state index >= 15 is 0 Å². The van der Waals surface area contributed by atoms with Crippen molar-refractivity contribution in [3.05, 3.63) is 0 Å². The van der Waals surface area contributed by atoms with Gasteiger partial charge in [0, 0.05) is 0 Å². The summed E-state index contributed by atoms with van der Waals surface area (Å²) >= 11 is 0. The van der Waals surface area contributed by atoms with Crippen LogP contribution in [0.25, 0.3) is 0 Å². The van der Waals surface area contributed by atoms with Gasteiger partial charge in [0.25, 0.3) is 0 Å². The second-order valence-corrected chi connectivity index (χ2v) is 6.48. The molecule has 104 valence electrons. The zero-order valence-corrected chi connectivity index (χ0v) is 12.9. The lowest BCUT2D eigenvalue weighted by Crippen LogP contribution is -2.39. The molecule has 3 heteroatoms. The lowest BCUT2D eigenvalue weighted by Gasteiger charge is -2.32. The molecule has 1 heterocycles. The molecule has 1 saturated heterocycles. The Bertz CT molecular complexity index is 181. The van der Waals surface area contributed by atoms with E-state index in [0.717, 1.165) is 12.5 Å². The van der Waals surface area contributed by atoms with Crippen LogP contribution in [0, 0.1) is 11.3 Å². The van der Waals surface area contributed by atoms with E-state index in [2.05, 4.69) is 37.9 Å². The predicted molar refractivity (Wildman–Crippen MR) is 79.0 cm³/mol. The number of nitrogens with one attached hydrogen (secondary N) is 1. The maximum absolute atomic E-state index is 3.62. The van der Waals surface area contributed by atoms with Gasteiger partial charge in [-0.1, -0.05) is 27.7 Å². The molecular formula is C14H31ClN2. The van der Waals surface area contributed by atoms with Crippen LogP contribution in [0.4, 0.5) is 0 Å². The third-order valence-electron chi connectivity index (χ3n) is 3.34. The van der Waals surface area contributed by atoms with Crippen molar-refractivity contribution in [2.75, 3.05) is 32.7 Å². The SMILES string of the molecule is CCCN1CCC(CNCC(C)(C)C)CC1.Cl. The molecule has 0 radical (unpaired) electrons. The van der Waals surface area contributed by atoms with Gasteiger partial charge in [-0.15, -0.1) is 12.4 Å². The van der Waals surface area contributed by atoms with Crippen LogP contribution in [0.2, 0.25) is 0 Å². The summed E-state index contributed by atoms with van der Waals surface area (Å²) in [5.74, 6) is 0.912. The standard InChI is InChI=1S/C14H30N2.ClH/c1-5-8-16-9-6-13(7-10-16)11-15-12-14(2,3)4;/h13,15H,5-12H2,1-4H3;1H. The second kappa shape index (κ2) is 8.34. The van der Waals surface area contributed by atoms with Crippen molar-refractivity contribution >= 4 is 12.4 Å². The molecule has 0 amide bonds. The lowest BCUT2D eigenvalue weighted by molar-refractivity contribution is 0.180. The molecule has 0 spiro atoms. The van der Waals surface area contributed by atoms with Crippen LogP contribution in [-0.2, 0) is 0 Å². The van der Waals surface area contributed by atoms with Crippen LogP contribution in [0.5, 0.6) is 0 Å². The molecule has 2 nitrogen and oxygen atoms in total. The van der Waals surface area contributed by atoms with Crippen LogP contribution in [0.1, 0.15) is 47.0 Å².